The number of halogens is 1. The first-order chi connectivity index (χ1) is 11.3. The molecule has 24 heavy (non-hydrogen) atoms. The molecule has 0 atom stereocenters. The van der Waals surface area contributed by atoms with Crippen LogP contribution in [0.4, 0.5) is 5.69 Å². The minimum Gasteiger partial charge on any atom is -0.477 e. The number of H-pyrrole nitrogens is 1. The molecule has 0 spiro atoms. The van der Waals surface area contributed by atoms with Crippen LogP contribution in [0, 0.1) is 6.92 Å². The molecule has 2 aromatic rings. The van der Waals surface area contributed by atoms with Crippen molar-refractivity contribution in [3.05, 3.63) is 50.8 Å². The van der Waals surface area contributed by atoms with Gasteiger partial charge in [-0.2, -0.15) is 0 Å². The van der Waals surface area contributed by atoms with Crippen LogP contribution in [0.15, 0.2) is 22.7 Å². The molecule has 0 radical (unpaired) electrons. The summed E-state index contributed by atoms with van der Waals surface area (Å²) in [7, 11) is 0. The molecule has 3 rings (SSSR count). The summed E-state index contributed by atoms with van der Waals surface area (Å²) in [6.07, 6.45) is 1.52. The molecule has 0 saturated heterocycles. The predicted molar refractivity (Wildman–Crippen MR) is 93.1 cm³/mol. The molecule has 3 N–H and O–H groups in total. The van der Waals surface area contributed by atoms with E-state index in [9.17, 15) is 19.5 Å². The molecule has 7 heteroatoms. The van der Waals surface area contributed by atoms with Gasteiger partial charge >= 0.3 is 5.97 Å². The second kappa shape index (κ2) is 5.76. The van der Waals surface area contributed by atoms with Crippen LogP contribution in [-0.2, 0) is 4.79 Å². The molecule has 0 aliphatic carbocycles. The number of fused-ring (bicyclic) bond motifs is 1. The Kier molecular flexibility index (Phi) is 3.88. The number of aromatic nitrogens is 1. The van der Waals surface area contributed by atoms with Crippen molar-refractivity contribution in [1.82, 2.24) is 4.98 Å². The molecule has 1 aliphatic heterocycles. The molecule has 2 heterocycles. The molecule has 1 amide bonds. The van der Waals surface area contributed by atoms with E-state index >= 15 is 0 Å². The number of ketones is 1. The van der Waals surface area contributed by atoms with E-state index in [1.54, 1.807) is 19.1 Å². The van der Waals surface area contributed by atoms with Gasteiger partial charge in [0.05, 0.1) is 17.0 Å². The first kappa shape index (κ1) is 16.2. The fourth-order valence-electron chi connectivity index (χ4n) is 2.88. The second-order valence-corrected chi connectivity index (χ2v) is 6.30. The number of carbonyl (C=O) groups excluding carboxylic acids is 2. The van der Waals surface area contributed by atoms with Gasteiger partial charge in [-0.15, -0.1) is 0 Å². The van der Waals surface area contributed by atoms with Gasteiger partial charge in [0.15, 0.2) is 5.78 Å². The molecular weight excluding hydrogens is 376 g/mol. The van der Waals surface area contributed by atoms with Crippen molar-refractivity contribution in [2.45, 2.75) is 13.8 Å². The van der Waals surface area contributed by atoms with Crippen molar-refractivity contribution in [3.8, 4) is 0 Å². The highest BCUT2D eigenvalue weighted by atomic mass is 79.9. The Balaban J connectivity index is 2.24. The Morgan fingerprint density at radius 1 is 1.29 bits per heavy atom. The highest BCUT2D eigenvalue weighted by Gasteiger charge is 2.28. The van der Waals surface area contributed by atoms with Crippen LogP contribution in [0.5, 0.6) is 0 Å². The lowest BCUT2D eigenvalue weighted by atomic mass is 10.0. The summed E-state index contributed by atoms with van der Waals surface area (Å²) >= 11 is 3.41. The van der Waals surface area contributed by atoms with Crippen molar-refractivity contribution in [2.75, 3.05) is 5.32 Å². The van der Waals surface area contributed by atoms with Crippen LogP contribution in [0.1, 0.15) is 44.6 Å². The van der Waals surface area contributed by atoms with Crippen molar-refractivity contribution in [1.29, 1.82) is 0 Å². The number of amides is 1. The number of rotatable bonds is 3. The first-order valence-electron chi connectivity index (χ1n) is 7.10. The van der Waals surface area contributed by atoms with E-state index in [0.29, 0.717) is 28.1 Å². The quantitative estimate of drug-likeness (QED) is 0.553. The normalized spacial score (nSPS) is 14.6. The van der Waals surface area contributed by atoms with Crippen LogP contribution in [0.3, 0.4) is 0 Å². The van der Waals surface area contributed by atoms with E-state index < -0.39 is 5.97 Å². The van der Waals surface area contributed by atoms with Crippen LogP contribution < -0.4 is 5.32 Å². The average molecular weight is 389 g/mol. The zero-order valence-electron chi connectivity index (χ0n) is 12.9. The molecule has 6 nitrogen and oxygen atoms in total. The lowest BCUT2D eigenvalue weighted by molar-refractivity contribution is -0.110. The van der Waals surface area contributed by atoms with Crippen molar-refractivity contribution in [3.63, 3.8) is 0 Å². The molecule has 0 fully saturated rings. The zero-order chi connectivity index (χ0) is 17.6. The van der Waals surface area contributed by atoms with Gasteiger partial charge in [-0.3, -0.25) is 9.59 Å². The Bertz CT molecular complexity index is 940. The van der Waals surface area contributed by atoms with Gasteiger partial charge in [0.2, 0.25) is 0 Å². The number of carboxylic acid groups (broad SMARTS) is 1. The van der Waals surface area contributed by atoms with E-state index in [2.05, 4.69) is 26.2 Å². The van der Waals surface area contributed by atoms with Gasteiger partial charge in [-0.25, -0.2) is 4.79 Å². The topological polar surface area (TPSA) is 99.3 Å². The number of anilines is 1. The highest BCUT2D eigenvalue weighted by molar-refractivity contribution is 9.10. The standard InChI is InChI=1S/C17H13BrN2O4/c1-7-13(8(2)21)12(19-15(7)17(23)24)6-9-14-10(18)4-3-5-11(14)20-16(9)22/h3-6,19H,1-2H3,(H,20,22)(H,23,24). The monoisotopic (exact) mass is 388 g/mol. The average Bonchev–Trinajstić information content (AvgIpc) is 2.98. The van der Waals surface area contributed by atoms with E-state index in [-0.39, 0.29) is 22.9 Å². The number of aromatic carboxylic acids is 1. The number of carbonyl (C=O) groups is 3. The first-order valence-corrected chi connectivity index (χ1v) is 7.89. The summed E-state index contributed by atoms with van der Waals surface area (Å²) in [5, 5.41) is 12.0. The largest absolute Gasteiger partial charge is 0.477 e. The number of benzene rings is 1. The summed E-state index contributed by atoms with van der Waals surface area (Å²) in [6, 6.07) is 5.38. The highest BCUT2D eigenvalue weighted by Crippen LogP contribution is 2.38. The molecule has 0 unspecified atom stereocenters. The molecule has 1 aromatic heterocycles. The molecular formula is C17H13BrN2O4. The summed E-state index contributed by atoms with van der Waals surface area (Å²) in [6.45, 7) is 2.93. The third-order valence-corrected chi connectivity index (χ3v) is 4.57. The Morgan fingerprint density at radius 2 is 2.00 bits per heavy atom. The third-order valence-electron chi connectivity index (χ3n) is 3.91. The molecule has 0 saturated carbocycles. The number of hydrogen-bond acceptors (Lipinski definition) is 3. The number of aromatic amines is 1. The van der Waals surface area contributed by atoms with Crippen LogP contribution in [-0.4, -0.2) is 27.8 Å². The number of carboxylic acids is 1. The van der Waals surface area contributed by atoms with Gasteiger partial charge < -0.3 is 15.4 Å². The van der Waals surface area contributed by atoms with E-state index in [1.165, 1.54) is 13.0 Å². The molecule has 122 valence electrons. The van der Waals surface area contributed by atoms with Crippen LogP contribution in [0.25, 0.3) is 11.6 Å². The summed E-state index contributed by atoms with van der Waals surface area (Å²) in [5.41, 5.74) is 2.58. The smallest absolute Gasteiger partial charge is 0.352 e. The number of nitrogens with one attached hydrogen (secondary N) is 2. The number of Topliss-reactive ketones (excluding diaryl/α,β-unsaturated/α-hetero) is 1. The number of hydrogen-bond donors (Lipinski definition) is 3. The predicted octanol–water partition coefficient (Wildman–Crippen LogP) is 3.48. The van der Waals surface area contributed by atoms with Crippen molar-refractivity contribution in [2.24, 2.45) is 0 Å². The zero-order valence-corrected chi connectivity index (χ0v) is 14.4. The minimum atomic E-state index is -1.16. The van der Waals surface area contributed by atoms with E-state index in [1.807, 2.05) is 6.07 Å². The summed E-state index contributed by atoms with van der Waals surface area (Å²) in [4.78, 5) is 38.3. The maximum absolute atomic E-state index is 12.3. The second-order valence-electron chi connectivity index (χ2n) is 5.45. The Hall–Kier alpha value is -2.67. The van der Waals surface area contributed by atoms with Crippen LogP contribution in [0.2, 0.25) is 0 Å². The maximum Gasteiger partial charge on any atom is 0.352 e. The van der Waals surface area contributed by atoms with E-state index in [0.717, 1.165) is 4.47 Å². The fourth-order valence-corrected chi connectivity index (χ4v) is 3.46. The fraction of sp³-hybridized carbons (Fsp3) is 0.118. The Labute approximate surface area is 145 Å². The third kappa shape index (κ3) is 2.46. The molecule has 1 aromatic carbocycles. The van der Waals surface area contributed by atoms with Gasteiger partial charge in [-0.1, -0.05) is 22.0 Å². The van der Waals surface area contributed by atoms with Gasteiger partial charge in [0.25, 0.3) is 5.91 Å². The van der Waals surface area contributed by atoms with Crippen molar-refractivity contribution < 1.29 is 19.5 Å². The molecule has 0 bridgehead atoms. The summed E-state index contributed by atoms with van der Waals surface area (Å²) < 4.78 is 0.732. The maximum atomic E-state index is 12.3. The Morgan fingerprint density at radius 3 is 2.62 bits per heavy atom. The lowest BCUT2D eigenvalue weighted by Crippen LogP contribution is -2.04. The summed E-state index contributed by atoms with van der Waals surface area (Å²) in [5.74, 6) is -1.73. The molecule has 1 aliphatic rings. The van der Waals surface area contributed by atoms with Gasteiger partial charge in [0.1, 0.15) is 5.69 Å². The lowest BCUT2D eigenvalue weighted by Gasteiger charge is -2.02. The van der Waals surface area contributed by atoms with Gasteiger partial charge in [0, 0.05) is 15.6 Å². The minimum absolute atomic E-state index is 0.0576. The SMILES string of the molecule is CC(=O)c1c(C=C2C(=O)Nc3cccc(Br)c32)[nH]c(C(=O)O)c1C. The van der Waals surface area contributed by atoms with Gasteiger partial charge in [-0.05, 0) is 37.6 Å². The van der Waals surface area contributed by atoms with Crippen LogP contribution >= 0.6 is 15.9 Å². The van der Waals surface area contributed by atoms with E-state index in [4.69, 9.17) is 0 Å². The van der Waals surface area contributed by atoms with Crippen molar-refractivity contribution >= 4 is 50.9 Å².